The van der Waals surface area contributed by atoms with E-state index in [4.69, 9.17) is 11.6 Å². The first kappa shape index (κ1) is 13.4. The maximum Gasteiger partial charge on any atom is 0.245 e. The molecule has 1 N–H and O–H groups in total. The Bertz CT molecular complexity index is 525. The standard InChI is InChI=1S/C15H17ClN2O2/c16-12-5-1-10(2-6-12)7-8-18-9-13(19)17-14(15(18)20)11-3-4-11/h1-2,5-6,11,14H,3-4,7-9H2,(H,17,19). The summed E-state index contributed by atoms with van der Waals surface area (Å²) in [6, 6.07) is 7.30. The predicted octanol–water partition coefficient (Wildman–Crippen LogP) is 1.62. The lowest BCUT2D eigenvalue weighted by Crippen LogP contribution is -2.59. The van der Waals surface area contributed by atoms with Crippen LogP contribution in [0.3, 0.4) is 0 Å². The third-order valence-electron chi connectivity index (χ3n) is 3.91. The van der Waals surface area contributed by atoms with Crippen molar-refractivity contribution in [3.63, 3.8) is 0 Å². The number of amides is 2. The molecule has 2 fully saturated rings. The van der Waals surface area contributed by atoms with Gasteiger partial charge in [-0.15, -0.1) is 0 Å². The third-order valence-corrected chi connectivity index (χ3v) is 4.16. The summed E-state index contributed by atoms with van der Waals surface area (Å²) in [4.78, 5) is 25.7. The topological polar surface area (TPSA) is 49.4 Å². The van der Waals surface area contributed by atoms with E-state index in [2.05, 4.69) is 5.32 Å². The predicted molar refractivity (Wildman–Crippen MR) is 76.4 cm³/mol. The Labute approximate surface area is 123 Å². The molecule has 0 spiro atoms. The van der Waals surface area contributed by atoms with Crippen molar-refractivity contribution in [1.29, 1.82) is 0 Å². The summed E-state index contributed by atoms with van der Waals surface area (Å²) in [5.74, 6) is 0.378. The highest BCUT2D eigenvalue weighted by molar-refractivity contribution is 6.30. The minimum atomic E-state index is -0.290. The van der Waals surface area contributed by atoms with E-state index in [9.17, 15) is 9.59 Å². The SMILES string of the molecule is O=C1CN(CCc2ccc(Cl)cc2)C(=O)C(C2CC2)N1. The summed E-state index contributed by atoms with van der Waals surface area (Å²) in [6.07, 6.45) is 2.83. The summed E-state index contributed by atoms with van der Waals surface area (Å²) in [5, 5.41) is 3.52. The van der Waals surface area contributed by atoms with Gasteiger partial charge in [0.1, 0.15) is 6.04 Å². The maximum atomic E-state index is 12.3. The van der Waals surface area contributed by atoms with Gasteiger partial charge in [0.15, 0.2) is 0 Å². The van der Waals surface area contributed by atoms with Gasteiger partial charge in [-0.1, -0.05) is 23.7 Å². The first-order chi connectivity index (χ1) is 9.63. The van der Waals surface area contributed by atoms with Gasteiger partial charge in [0, 0.05) is 11.6 Å². The molecule has 0 radical (unpaired) electrons. The molecule has 1 heterocycles. The number of hydrogen-bond donors (Lipinski definition) is 1. The number of carbonyl (C=O) groups excluding carboxylic acids is 2. The van der Waals surface area contributed by atoms with Crippen molar-refractivity contribution in [3.8, 4) is 0 Å². The maximum absolute atomic E-state index is 12.3. The van der Waals surface area contributed by atoms with Crippen LogP contribution in [0.4, 0.5) is 0 Å². The van der Waals surface area contributed by atoms with Gasteiger partial charge in [-0.2, -0.15) is 0 Å². The van der Waals surface area contributed by atoms with Crippen LogP contribution < -0.4 is 5.32 Å². The molecule has 1 aromatic carbocycles. The lowest BCUT2D eigenvalue weighted by molar-refractivity contribution is -0.144. The molecule has 1 aliphatic heterocycles. The smallest absolute Gasteiger partial charge is 0.245 e. The summed E-state index contributed by atoms with van der Waals surface area (Å²) >= 11 is 5.85. The Morgan fingerprint density at radius 1 is 1.20 bits per heavy atom. The second-order valence-electron chi connectivity index (χ2n) is 5.52. The van der Waals surface area contributed by atoms with Gasteiger partial charge in [0.2, 0.25) is 11.8 Å². The van der Waals surface area contributed by atoms with Crippen molar-refractivity contribution in [2.75, 3.05) is 13.1 Å². The minimum absolute atomic E-state index is 0.0439. The highest BCUT2D eigenvalue weighted by Gasteiger charge is 2.42. The Kier molecular flexibility index (Phi) is 3.66. The minimum Gasteiger partial charge on any atom is -0.342 e. The highest BCUT2D eigenvalue weighted by Crippen LogP contribution is 2.34. The number of carbonyl (C=O) groups is 2. The Morgan fingerprint density at radius 2 is 1.90 bits per heavy atom. The molecule has 1 atom stereocenters. The van der Waals surface area contributed by atoms with Crippen molar-refractivity contribution in [2.24, 2.45) is 5.92 Å². The average Bonchev–Trinajstić information content (AvgIpc) is 3.25. The molecule has 1 aromatic rings. The molecule has 106 valence electrons. The molecule has 1 aliphatic carbocycles. The fourth-order valence-corrected chi connectivity index (χ4v) is 2.71. The first-order valence-electron chi connectivity index (χ1n) is 6.96. The van der Waals surface area contributed by atoms with Crippen LogP contribution >= 0.6 is 11.6 Å². The van der Waals surface area contributed by atoms with E-state index in [0.29, 0.717) is 17.5 Å². The molecular weight excluding hydrogens is 276 g/mol. The second kappa shape index (κ2) is 5.44. The molecule has 1 unspecified atom stereocenters. The Hall–Kier alpha value is -1.55. The van der Waals surface area contributed by atoms with Crippen LogP contribution in [0, 0.1) is 5.92 Å². The van der Waals surface area contributed by atoms with Crippen LogP contribution in [0.25, 0.3) is 0 Å². The number of piperazine rings is 1. The summed E-state index contributed by atoms with van der Waals surface area (Å²) in [7, 11) is 0. The number of benzene rings is 1. The van der Waals surface area contributed by atoms with E-state index in [1.807, 2.05) is 24.3 Å². The van der Waals surface area contributed by atoms with E-state index in [0.717, 1.165) is 24.8 Å². The largest absolute Gasteiger partial charge is 0.342 e. The van der Waals surface area contributed by atoms with Crippen molar-refractivity contribution in [2.45, 2.75) is 25.3 Å². The molecular formula is C15H17ClN2O2. The molecule has 2 amide bonds. The molecule has 20 heavy (non-hydrogen) atoms. The number of halogens is 1. The van der Waals surface area contributed by atoms with Crippen molar-refractivity contribution in [3.05, 3.63) is 34.9 Å². The van der Waals surface area contributed by atoms with Gasteiger partial charge in [-0.3, -0.25) is 9.59 Å². The lowest BCUT2D eigenvalue weighted by atomic mass is 10.1. The zero-order chi connectivity index (χ0) is 14.1. The molecule has 5 heteroatoms. The summed E-state index contributed by atoms with van der Waals surface area (Å²) in [5.41, 5.74) is 1.12. The van der Waals surface area contributed by atoms with Crippen LogP contribution in [-0.4, -0.2) is 35.8 Å². The van der Waals surface area contributed by atoms with Crippen molar-refractivity contribution >= 4 is 23.4 Å². The number of rotatable bonds is 4. The van der Waals surface area contributed by atoms with Crippen LogP contribution in [0.15, 0.2) is 24.3 Å². The Balaban J connectivity index is 1.62. The van der Waals surface area contributed by atoms with Crippen LogP contribution in [0.5, 0.6) is 0 Å². The van der Waals surface area contributed by atoms with E-state index < -0.39 is 0 Å². The zero-order valence-corrected chi connectivity index (χ0v) is 11.9. The summed E-state index contributed by atoms with van der Waals surface area (Å²) < 4.78 is 0. The van der Waals surface area contributed by atoms with Gasteiger partial charge >= 0.3 is 0 Å². The molecule has 2 aliphatic rings. The zero-order valence-electron chi connectivity index (χ0n) is 11.1. The van der Waals surface area contributed by atoms with Gasteiger partial charge in [0.05, 0.1) is 6.54 Å². The van der Waals surface area contributed by atoms with E-state index in [1.165, 1.54) is 0 Å². The molecule has 0 bridgehead atoms. The fraction of sp³-hybridized carbons (Fsp3) is 0.467. The normalized spacial score (nSPS) is 22.9. The van der Waals surface area contributed by atoms with Crippen molar-refractivity contribution in [1.82, 2.24) is 10.2 Å². The molecule has 1 saturated carbocycles. The number of nitrogens with one attached hydrogen (secondary N) is 1. The monoisotopic (exact) mass is 292 g/mol. The van der Waals surface area contributed by atoms with Crippen LogP contribution in [0.2, 0.25) is 5.02 Å². The second-order valence-corrected chi connectivity index (χ2v) is 5.96. The van der Waals surface area contributed by atoms with Gasteiger partial charge in [-0.05, 0) is 42.9 Å². The van der Waals surface area contributed by atoms with E-state index >= 15 is 0 Å². The van der Waals surface area contributed by atoms with E-state index in [1.54, 1.807) is 4.90 Å². The van der Waals surface area contributed by atoms with Gasteiger partial charge in [-0.25, -0.2) is 0 Å². The lowest BCUT2D eigenvalue weighted by Gasteiger charge is -2.32. The number of nitrogens with zero attached hydrogens (tertiary/aromatic N) is 1. The molecule has 1 saturated heterocycles. The average molecular weight is 293 g/mol. The fourth-order valence-electron chi connectivity index (χ4n) is 2.58. The van der Waals surface area contributed by atoms with Gasteiger partial charge in [0.25, 0.3) is 0 Å². The molecule has 4 nitrogen and oxygen atoms in total. The third kappa shape index (κ3) is 2.96. The highest BCUT2D eigenvalue weighted by atomic mass is 35.5. The van der Waals surface area contributed by atoms with Gasteiger partial charge < -0.3 is 10.2 Å². The van der Waals surface area contributed by atoms with Crippen molar-refractivity contribution < 1.29 is 9.59 Å². The molecule has 0 aromatic heterocycles. The summed E-state index contributed by atoms with van der Waals surface area (Å²) in [6.45, 7) is 0.757. The van der Waals surface area contributed by atoms with E-state index in [-0.39, 0.29) is 24.4 Å². The molecule has 3 rings (SSSR count). The quantitative estimate of drug-likeness (QED) is 0.917. The van der Waals surface area contributed by atoms with Crippen LogP contribution in [-0.2, 0) is 16.0 Å². The Morgan fingerprint density at radius 3 is 2.55 bits per heavy atom. The number of hydrogen-bond acceptors (Lipinski definition) is 2. The first-order valence-corrected chi connectivity index (χ1v) is 7.34. The van der Waals surface area contributed by atoms with Crippen LogP contribution in [0.1, 0.15) is 18.4 Å².